The smallest absolute Gasteiger partial charge is 0.550 e. The minimum Gasteiger partial charge on any atom is -0.550 e. The summed E-state index contributed by atoms with van der Waals surface area (Å²) in [5.41, 5.74) is 0. The average molecular weight is 284 g/mol. The van der Waals surface area contributed by atoms with Gasteiger partial charge in [0.05, 0.1) is 0 Å². The molecule has 0 rings (SSSR count). The van der Waals surface area contributed by atoms with Gasteiger partial charge in [-0.3, -0.25) is 4.79 Å². The van der Waals surface area contributed by atoms with Gasteiger partial charge in [-0.05, 0) is 18.8 Å². The molecule has 0 aromatic rings. The van der Waals surface area contributed by atoms with Crippen molar-refractivity contribution in [3.8, 4) is 0 Å². The maximum absolute atomic E-state index is 11.4. The Balaban J connectivity index is 0. The van der Waals surface area contributed by atoms with Crippen LogP contribution in [0.5, 0.6) is 0 Å². The Labute approximate surface area is 146 Å². The molecule has 1 unspecified atom stereocenters. The molecular weight excluding hydrogens is 271 g/mol. The molecule has 0 fully saturated rings. The Hall–Kier alpha value is -0.284. The van der Waals surface area contributed by atoms with Crippen molar-refractivity contribution in [1.29, 1.82) is 0 Å². The van der Waals surface area contributed by atoms with E-state index < -0.39 is 36.2 Å². The molecule has 96 valence electrons. The molecular formula is C10H13KO7. The maximum atomic E-state index is 11.4. The number of carboxylic acids is 1. The molecule has 0 amide bonds. The second-order valence-electron chi connectivity index (χ2n) is 3.92. The zero-order valence-electron chi connectivity index (χ0n) is 10.5. The van der Waals surface area contributed by atoms with E-state index in [0.717, 1.165) is 0 Å². The van der Waals surface area contributed by atoms with Crippen molar-refractivity contribution in [3.63, 3.8) is 0 Å². The fourth-order valence-corrected chi connectivity index (χ4v) is 1.35. The molecule has 7 nitrogen and oxygen atoms in total. The summed E-state index contributed by atoms with van der Waals surface area (Å²) in [6.07, 6.45) is -2.40. The van der Waals surface area contributed by atoms with Crippen LogP contribution in [0, 0.1) is 11.8 Å². The van der Waals surface area contributed by atoms with Crippen LogP contribution in [0.4, 0.5) is 4.79 Å². The van der Waals surface area contributed by atoms with Crippen LogP contribution in [0.15, 0.2) is 0 Å². The SMILES string of the molecule is CC(C)CC(CC(=O)[O-])C(=O)C(=O)OC(=O)O.[K+]. The van der Waals surface area contributed by atoms with Crippen LogP contribution in [0.1, 0.15) is 26.7 Å². The van der Waals surface area contributed by atoms with Crippen molar-refractivity contribution < 1.29 is 85.5 Å². The third kappa shape index (κ3) is 8.76. The second-order valence-corrected chi connectivity index (χ2v) is 3.92. The molecule has 0 aliphatic carbocycles. The van der Waals surface area contributed by atoms with Gasteiger partial charge in [-0.15, -0.1) is 0 Å². The zero-order chi connectivity index (χ0) is 13.6. The first-order valence-corrected chi connectivity index (χ1v) is 4.92. The summed E-state index contributed by atoms with van der Waals surface area (Å²) in [5.74, 6) is -5.35. The first-order chi connectivity index (χ1) is 7.73. The standard InChI is InChI=1S/C10H14O7.K/c1-5(2)3-6(4-7(11)12)8(13)9(14)17-10(15)16;/h5-6H,3-4H2,1-2H3,(H,11,12)(H,15,16);/q;+1/p-1. The number of carbonyl (C=O) groups is 4. The number of carboxylic acid groups (broad SMARTS) is 2. The van der Waals surface area contributed by atoms with E-state index in [0.29, 0.717) is 0 Å². The van der Waals surface area contributed by atoms with E-state index in [2.05, 4.69) is 4.74 Å². The molecule has 0 aliphatic heterocycles. The molecule has 0 heterocycles. The van der Waals surface area contributed by atoms with E-state index in [1.807, 2.05) is 0 Å². The number of hydrogen-bond donors (Lipinski definition) is 1. The van der Waals surface area contributed by atoms with E-state index in [-0.39, 0.29) is 63.7 Å². The Morgan fingerprint density at radius 1 is 1.22 bits per heavy atom. The van der Waals surface area contributed by atoms with Crippen LogP contribution in [0.2, 0.25) is 0 Å². The van der Waals surface area contributed by atoms with E-state index >= 15 is 0 Å². The summed E-state index contributed by atoms with van der Waals surface area (Å²) in [4.78, 5) is 42.9. The Morgan fingerprint density at radius 2 is 1.72 bits per heavy atom. The van der Waals surface area contributed by atoms with Crippen LogP contribution < -0.4 is 56.5 Å². The second kappa shape index (κ2) is 9.62. The number of Topliss-reactive ketones (excluding diaryl/α,β-unsaturated/α-hetero) is 1. The van der Waals surface area contributed by atoms with Gasteiger partial charge in [-0.25, -0.2) is 9.59 Å². The third-order valence-corrected chi connectivity index (χ3v) is 1.92. The first-order valence-electron chi connectivity index (χ1n) is 4.92. The van der Waals surface area contributed by atoms with Gasteiger partial charge in [0.25, 0.3) is 0 Å². The normalized spacial score (nSPS) is 11.3. The van der Waals surface area contributed by atoms with Crippen molar-refractivity contribution in [2.45, 2.75) is 26.7 Å². The van der Waals surface area contributed by atoms with Crippen LogP contribution in [-0.2, 0) is 19.1 Å². The average Bonchev–Trinajstić information content (AvgIpc) is 2.12. The molecule has 0 bridgehead atoms. The van der Waals surface area contributed by atoms with E-state index in [4.69, 9.17) is 5.11 Å². The van der Waals surface area contributed by atoms with E-state index in [9.17, 15) is 24.3 Å². The molecule has 0 radical (unpaired) electrons. The van der Waals surface area contributed by atoms with Gasteiger partial charge in [0.2, 0.25) is 5.78 Å². The molecule has 0 aliphatic rings. The Kier molecular flexibility index (Phi) is 10.7. The fourth-order valence-electron chi connectivity index (χ4n) is 1.35. The summed E-state index contributed by atoms with van der Waals surface area (Å²) in [6.45, 7) is 3.47. The minimum atomic E-state index is -1.90. The minimum absolute atomic E-state index is 0. The maximum Gasteiger partial charge on any atom is 1.00 e. The number of hydrogen-bond acceptors (Lipinski definition) is 6. The molecule has 0 aromatic heterocycles. The van der Waals surface area contributed by atoms with Gasteiger partial charge in [0, 0.05) is 11.9 Å². The summed E-state index contributed by atoms with van der Waals surface area (Å²) in [5, 5.41) is 18.6. The molecule has 0 aromatic carbocycles. The molecule has 1 atom stereocenters. The number of esters is 1. The van der Waals surface area contributed by atoms with Crippen molar-refractivity contribution in [3.05, 3.63) is 0 Å². The summed E-state index contributed by atoms with van der Waals surface area (Å²) < 4.78 is 3.67. The van der Waals surface area contributed by atoms with Gasteiger partial charge >= 0.3 is 63.5 Å². The van der Waals surface area contributed by atoms with Gasteiger partial charge in [0.15, 0.2) is 0 Å². The number of rotatable bonds is 6. The monoisotopic (exact) mass is 284 g/mol. The third-order valence-electron chi connectivity index (χ3n) is 1.92. The van der Waals surface area contributed by atoms with Crippen molar-refractivity contribution in [1.82, 2.24) is 0 Å². The molecule has 0 saturated carbocycles. The van der Waals surface area contributed by atoms with Gasteiger partial charge in [0.1, 0.15) is 0 Å². The predicted molar refractivity (Wildman–Crippen MR) is 51.7 cm³/mol. The van der Waals surface area contributed by atoms with Crippen LogP contribution in [0.25, 0.3) is 0 Å². The molecule has 18 heavy (non-hydrogen) atoms. The largest absolute Gasteiger partial charge is 1.00 e. The van der Waals surface area contributed by atoms with Crippen molar-refractivity contribution >= 4 is 23.9 Å². The van der Waals surface area contributed by atoms with E-state index in [1.54, 1.807) is 13.8 Å². The fraction of sp³-hybridized carbons (Fsp3) is 0.600. The summed E-state index contributed by atoms with van der Waals surface area (Å²) in [6, 6.07) is 0. The van der Waals surface area contributed by atoms with Gasteiger partial charge < -0.3 is 19.7 Å². The van der Waals surface area contributed by atoms with Crippen molar-refractivity contribution in [2.24, 2.45) is 11.8 Å². The predicted octanol–water partition coefficient (Wildman–Crippen LogP) is -3.42. The van der Waals surface area contributed by atoms with Crippen LogP contribution in [0.3, 0.4) is 0 Å². The first kappa shape index (κ1) is 20.0. The number of ketones is 1. The topological polar surface area (TPSA) is 121 Å². The quantitative estimate of drug-likeness (QED) is 0.233. The molecule has 8 heteroatoms. The summed E-state index contributed by atoms with van der Waals surface area (Å²) >= 11 is 0. The van der Waals surface area contributed by atoms with Crippen LogP contribution in [-0.4, -0.2) is 29.0 Å². The zero-order valence-corrected chi connectivity index (χ0v) is 13.6. The number of aliphatic carboxylic acids is 1. The number of carbonyl (C=O) groups excluding carboxylic acids is 3. The Bertz CT molecular complexity index is 337. The Morgan fingerprint density at radius 3 is 2.06 bits per heavy atom. The van der Waals surface area contributed by atoms with Crippen molar-refractivity contribution in [2.75, 3.05) is 0 Å². The number of ether oxygens (including phenoxy) is 1. The van der Waals surface area contributed by atoms with Crippen LogP contribution >= 0.6 is 0 Å². The molecule has 0 saturated heterocycles. The molecule has 0 spiro atoms. The summed E-state index contributed by atoms with van der Waals surface area (Å²) in [7, 11) is 0. The van der Waals surface area contributed by atoms with Gasteiger partial charge in [-0.1, -0.05) is 13.8 Å². The van der Waals surface area contributed by atoms with Gasteiger partial charge in [-0.2, -0.15) is 0 Å². The molecule has 1 N–H and O–H groups in total. The van der Waals surface area contributed by atoms with E-state index in [1.165, 1.54) is 0 Å².